The number of hydrogen-bond donors (Lipinski definition) is 2. The van der Waals surface area contributed by atoms with Gasteiger partial charge in [-0.05, 0) is 26.8 Å². The van der Waals surface area contributed by atoms with Crippen molar-refractivity contribution in [1.29, 1.82) is 0 Å². The number of hydrogen-bond acceptors (Lipinski definition) is 4. The lowest BCUT2D eigenvalue weighted by atomic mass is 10.1. The molecule has 0 aliphatic carbocycles. The second kappa shape index (κ2) is 8.67. The minimum atomic E-state index is 0.381. The highest BCUT2D eigenvalue weighted by atomic mass is 16.5. The van der Waals surface area contributed by atoms with E-state index in [4.69, 9.17) is 4.52 Å². The minimum Gasteiger partial charge on any atom is -0.359 e. The third-order valence-electron chi connectivity index (χ3n) is 3.46. The van der Waals surface area contributed by atoms with Crippen LogP contribution in [0.3, 0.4) is 0 Å². The molecule has 0 amide bonds. The highest BCUT2D eigenvalue weighted by molar-refractivity contribution is 5.79. The lowest BCUT2D eigenvalue weighted by molar-refractivity contribution is 0.278. The Hall–Kier alpha value is -1.56. The number of aromatic nitrogens is 1. The Bertz CT molecular complexity index is 439. The molecule has 0 atom stereocenters. The first-order valence-corrected chi connectivity index (χ1v) is 7.54. The summed E-state index contributed by atoms with van der Waals surface area (Å²) < 4.78 is 5.29. The van der Waals surface area contributed by atoms with Gasteiger partial charge in [-0.2, -0.15) is 0 Å². The number of rotatable bonds is 7. The highest BCUT2D eigenvalue weighted by Gasteiger charge is 2.08. The lowest BCUT2D eigenvalue weighted by Gasteiger charge is -2.21. The maximum Gasteiger partial charge on any atom is 0.191 e. The van der Waals surface area contributed by atoms with Crippen LogP contribution in [-0.2, 0) is 6.54 Å². The van der Waals surface area contributed by atoms with Gasteiger partial charge in [0.25, 0.3) is 0 Å². The topological polar surface area (TPSA) is 65.7 Å². The molecule has 1 aromatic heterocycles. The van der Waals surface area contributed by atoms with Crippen LogP contribution in [0.5, 0.6) is 0 Å². The van der Waals surface area contributed by atoms with Gasteiger partial charge in [-0.3, -0.25) is 4.99 Å². The van der Waals surface area contributed by atoms with E-state index in [2.05, 4.69) is 60.4 Å². The van der Waals surface area contributed by atoms with Gasteiger partial charge < -0.3 is 20.1 Å². The maximum absolute atomic E-state index is 5.29. The molecule has 0 bridgehead atoms. The zero-order chi connectivity index (χ0) is 15.8. The molecule has 0 saturated carbocycles. The smallest absolute Gasteiger partial charge is 0.191 e. The minimum absolute atomic E-state index is 0.381. The molecule has 1 heterocycles. The molecule has 0 fully saturated rings. The first-order valence-electron chi connectivity index (χ1n) is 7.54. The van der Waals surface area contributed by atoms with Gasteiger partial charge in [0.05, 0.1) is 12.2 Å². The highest BCUT2D eigenvalue weighted by Crippen LogP contribution is 2.13. The van der Waals surface area contributed by atoms with Crippen molar-refractivity contribution in [2.24, 2.45) is 4.99 Å². The average molecular weight is 295 g/mol. The molecule has 21 heavy (non-hydrogen) atoms. The zero-order valence-corrected chi connectivity index (χ0v) is 14.1. The predicted octanol–water partition coefficient (Wildman–Crippen LogP) is 1.80. The quantitative estimate of drug-likeness (QED) is 0.593. The molecule has 6 heteroatoms. The summed E-state index contributed by atoms with van der Waals surface area (Å²) in [7, 11) is 3.88. The Kier molecular flexibility index (Phi) is 7.22. The molecule has 1 rings (SSSR count). The predicted molar refractivity (Wildman–Crippen MR) is 86.6 cm³/mol. The van der Waals surface area contributed by atoms with Gasteiger partial charge in [-0.15, -0.1) is 0 Å². The summed E-state index contributed by atoms with van der Waals surface area (Å²) in [5.74, 6) is 1.97. The largest absolute Gasteiger partial charge is 0.359 e. The molecule has 1 aromatic rings. The van der Waals surface area contributed by atoms with E-state index in [1.165, 1.54) is 0 Å². The van der Waals surface area contributed by atoms with E-state index in [-0.39, 0.29) is 0 Å². The van der Waals surface area contributed by atoms with E-state index in [9.17, 15) is 0 Å². The zero-order valence-electron chi connectivity index (χ0n) is 14.1. The monoisotopic (exact) mass is 295 g/mol. The van der Waals surface area contributed by atoms with E-state index in [0.29, 0.717) is 18.5 Å². The molecule has 0 aromatic carbocycles. The standard InChI is InChI=1S/C15H29N5O/c1-11(2)14-9-13(21-19-14)10-18-15(16-5)17-7-8-20(6)12(3)4/h9,11-12H,7-8,10H2,1-6H3,(H2,16,17,18). The SMILES string of the molecule is CN=C(NCCN(C)C(C)C)NCc1cc(C(C)C)no1. The van der Waals surface area contributed by atoms with Crippen molar-refractivity contribution < 1.29 is 4.52 Å². The van der Waals surface area contributed by atoms with Crippen LogP contribution in [0.25, 0.3) is 0 Å². The Labute approximate surface area is 128 Å². The summed E-state index contributed by atoms with van der Waals surface area (Å²) in [5.41, 5.74) is 0.980. The lowest BCUT2D eigenvalue weighted by Crippen LogP contribution is -2.41. The number of likely N-dealkylation sites (N-methyl/N-ethyl adjacent to an activating group) is 1. The van der Waals surface area contributed by atoms with Gasteiger partial charge in [0.1, 0.15) is 0 Å². The van der Waals surface area contributed by atoms with Crippen molar-refractivity contribution in [2.45, 2.75) is 46.2 Å². The van der Waals surface area contributed by atoms with Gasteiger partial charge in [-0.25, -0.2) is 0 Å². The Morgan fingerprint density at radius 2 is 2.05 bits per heavy atom. The average Bonchev–Trinajstić information content (AvgIpc) is 2.91. The fraction of sp³-hybridized carbons (Fsp3) is 0.733. The van der Waals surface area contributed by atoms with E-state index < -0.39 is 0 Å². The van der Waals surface area contributed by atoms with Gasteiger partial charge in [0.15, 0.2) is 11.7 Å². The second-order valence-electron chi connectivity index (χ2n) is 5.80. The first kappa shape index (κ1) is 17.5. The van der Waals surface area contributed by atoms with Crippen LogP contribution in [0.15, 0.2) is 15.6 Å². The van der Waals surface area contributed by atoms with Crippen molar-refractivity contribution in [3.8, 4) is 0 Å². The van der Waals surface area contributed by atoms with Crippen molar-refractivity contribution in [1.82, 2.24) is 20.7 Å². The van der Waals surface area contributed by atoms with E-state index in [0.717, 1.165) is 30.5 Å². The normalized spacial score (nSPS) is 12.5. The molecule has 0 spiro atoms. The fourth-order valence-corrected chi connectivity index (χ4v) is 1.68. The molecule has 0 aliphatic rings. The molecular weight excluding hydrogens is 266 g/mol. The number of nitrogens with one attached hydrogen (secondary N) is 2. The van der Waals surface area contributed by atoms with Crippen LogP contribution in [0, 0.1) is 0 Å². The molecule has 0 unspecified atom stereocenters. The second-order valence-corrected chi connectivity index (χ2v) is 5.80. The van der Waals surface area contributed by atoms with Gasteiger partial charge in [0, 0.05) is 32.2 Å². The van der Waals surface area contributed by atoms with E-state index in [1.54, 1.807) is 7.05 Å². The van der Waals surface area contributed by atoms with Crippen molar-refractivity contribution in [3.63, 3.8) is 0 Å². The number of guanidine groups is 1. The van der Waals surface area contributed by atoms with Crippen molar-refractivity contribution in [2.75, 3.05) is 27.2 Å². The summed E-state index contributed by atoms with van der Waals surface area (Å²) >= 11 is 0. The summed E-state index contributed by atoms with van der Waals surface area (Å²) in [6, 6.07) is 2.53. The summed E-state index contributed by atoms with van der Waals surface area (Å²) in [6.07, 6.45) is 0. The van der Waals surface area contributed by atoms with Crippen LogP contribution in [-0.4, -0.2) is 49.2 Å². The Morgan fingerprint density at radius 3 is 2.57 bits per heavy atom. The Morgan fingerprint density at radius 1 is 1.33 bits per heavy atom. The molecule has 120 valence electrons. The third-order valence-corrected chi connectivity index (χ3v) is 3.46. The van der Waals surface area contributed by atoms with Gasteiger partial charge in [-0.1, -0.05) is 19.0 Å². The fourth-order valence-electron chi connectivity index (χ4n) is 1.68. The van der Waals surface area contributed by atoms with Crippen molar-refractivity contribution >= 4 is 5.96 Å². The number of aliphatic imine (C=N–C) groups is 1. The van der Waals surface area contributed by atoms with Gasteiger partial charge >= 0.3 is 0 Å². The van der Waals surface area contributed by atoms with Crippen LogP contribution >= 0.6 is 0 Å². The van der Waals surface area contributed by atoms with E-state index >= 15 is 0 Å². The molecular formula is C15H29N5O. The van der Waals surface area contributed by atoms with Crippen LogP contribution in [0.1, 0.15) is 45.1 Å². The maximum atomic E-state index is 5.29. The van der Waals surface area contributed by atoms with Crippen LogP contribution in [0.4, 0.5) is 0 Å². The van der Waals surface area contributed by atoms with Crippen molar-refractivity contribution in [3.05, 3.63) is 17.5 Å². The Balaban J connectivity index is 2.34. The van der Waals surface area contributed by atoms with Gasteiger partial charge in [0.2, 0.25) is 0 Å². The summed E-state index contributed by atoms with van der Waals surface area (Å²) in [4.78, 5) is 6.48. The molecule has 0 radical (unpaired) electrons. The summed E-state index contributed by atoms with van der Waals surface area (Å²) in [6.45, 7) is 11.0. The molecule has 2 N–H and O–H groups in total. The third kappa shape index (κ3) is 6.16. The first-order chi connectivity index (χ1) is 9.93. The van der Waals surface area contributed by atoms with E-state index in [1.807, 2.05) is 6.07 Å². The molecule has 6 nitrogen and oxygen atoms in total. The summed E-state index contributed by atoms with van der Waals surface area (Å²) in [5, 5.41) is 10.6. The van der Waals surface area contributed by atoms with Crippen LogP contribution < -0.4 is 10.6 Å². The number of nitrogens with zero attached hydrogens (tertiary/aromatic N) is 3. The van der Waals surface area contributed by atoms with Crippen LogP contribution in [0.2, 0.25) is 0 Å². The molecule has 0 saturated heterocycles. The molecule has 0 aliphatic heterocycles.